The van der Waals surface area contributed by atoms with Crippen LogP contribution in [0.3, 0.4) is 0 Å². The Bertz CT molecular complexity index is 997. The summed E-state index contributed by atoms with van der Waals surface area (Å²) in [6.45, 7) is 3.96. The number of Topliss-reactive ketones (excluding diaryl/α,β-unsaturated/α-hetero) is 1. The second kappa shape index (κ2) is 15.2. The largest absolute Gasteiger partial charge is 0.490 e. The van der Waals surface area contributed by atoms with Crippen LogP contribution >= 0.6 is 0 Å². The fraction of sp³-hybridized carbons (Fsp3) is 0.360. The van der Waals surface area contributed by atoms with Crippen molar-refractivity contribution in [3.63, 3.8) is 0 Å². The number of carbonyl (C=O) groups is 3. The number of guanidine groups is 1. The highest BCUT2D eigenvalue weighted by molar-refractivity contribution is 5.98. The summed E-state index contributed by atoms with van der Waals surface area (Å²) >= 11 is 0. The number of alkyl halides is 3. The maximum absolute atomic E-state index is 12.7. The molecule has 0 saturated heterocycles. The summed E-state index contributed by atoms with van der Waals surface area (Å²) in [5.41, 5.74) is 6.89. The van der Waals surface area contributed by atoms with E-state index in [0.29, 0.717) is 24.5 Å². The van der Waals surface area contributed by atoms with Crippen LogP contribution < -0.4 is 15.8 Å². The van der Waals surface area contributed by atoms with E-state index >= 15 is 0 Å². The molecular formula is C25H30F3N3O5. The Hall–Kier alpha value is -3.89. The highest BCUT2D eigenvalue weighted by Gasteiger charge is 2.38. The van der Waals surface area contributed by atoms with Crippen molar-refractivity contribution in [1.29, 1.82) is 0 Å². The third-order valence-corrected chi connectivity index (χ3v) is 4.53. The quantitative estimate of drug-likeness (QED) is 0.330. The normalized spacial score (nSPS) is 12.2. The van der Waals surface area contributed by atoms with Gasteiger partial charge in [-0.25, -0.2) is 9.79 Å². The average Bonchev–Trinajstić information content (AvgIpc) is 2.82. The summed E-state index contributed by atoms with van der Waals surface area (Å²) in [6.07, 6.45) is -3.43. The van der Waals surface area contributed by atoms with Crippen molar-refractivity contribution in [2.45, 2.75) is 45.3 Å². The number of nitrogens with two attached hydrogens (primary N) is 1. The minimum absolute atomic E-state index is 0.0142. The van der Waals surface area contributed by atoms with Gasteiger partial charge in [-0.05, 0) is 30.0 Å². The lowest BCUT2D eigenvalue weighted by molar-refractivity contribution is -0.192. The van der Waals surface area contributed by atoms with Gasteiger partial charge in [-0.3, -0.25) is 14.9 Å². The van der Waals surface area contributed by atoms with Crippen molar-refractivity contribution >= 4 is 23.6 Å². The van der Waals surface area contributed by atoms with Gasteiger partial charge in [0.2, 0.25) is 0 Å². The van der Waals surface area contributed by atoms with Crippen molar-refractivity contribution < 1.29 is 37.4 Å². The zero-order chi connectivity index (χ0) is 27.1. The number of carboxylic acids is 1. The summed E-state index contributed by atoms with van der Waals surface area (Å²) in [7, 11) is 0. The molecule has 0 unspecified atom stereocenters. The number of ketones is 1. The number of aliphatic imine (C=N–C) groups is 1. The summed E-state index contributed by atoms with van der Waals surface area (Å²) in [5, 5.41) is 9.62. The summed E-state index contributed by atoms with van der Waals surface area (Å²) in [6, 6.07) is 18.0. The van der Waals surface area contributed by atoms with Gasteiger partial charge in [-0.2, -0.15) is 13.2 Å². The first-order chi connectivity index (χ1) is 16.9. The van der Waals surface area contributed by atoms with Crippen LogP contribution in [-0.2, 0) is 20.8 Å². The first-order valence-electron chi connectivity index (χ1n) is 11.1. The number of carbonyl (C=O) groups excluding carboxylic acids is 2. The number of para-hydroxylation sites is 1. The fourth-order valence-corrected chi connectivity index (χ4v) is 2.71. The van der Waals surface area contributed by atoms with Crippen LogP contribution in [-0.4, -0.2) is 47.6 Å². The Balaban J connectivity index is 0.000000809. The van der Waals surface area contributed by atoms with Gasteiger partial charge in [0.05, 0.1) is 0 Å². The van der Waals surface area contributed by atoms with Crippen molar-refractivity contribution in [1.82, 2.24) is 5.32 Å². The molecule has 4 N–H and O–H groups in total. The number of rotatable bonds is 10. The number of ether oxygens (including phenoxy) is 1. The van der Waals surface area contributed by atoms with Crippen LogP contribution in [0.1, 0.15) is 32.3 Å². The zero-order valence-electron chi connectivity index (χ0n) is 20.0. The molecule has 2 aromatic rings. The number of hydrogen-bond donors (Lipinski definition) is 3. The lowest BCUT2D eigenvalue weighted by Crippen LogP contribution is -2.41. The van der Waals surface area contributed by atoms with E-state index in [1.54, 1.807) is 12.1 Å². The molecule has 0 aromatic heterocycles. The van der Waals surface area contributed by atoms with E-state index in [2.05, 4.69) is 24.2 Å². The van der Waals surface area contributed by atoms with Gasteiger partial charge in [-0.1, -0.05) is 62.4 Å². The molecule has 0 heterocycles. The lowest BCUT2D eigenvalue weighted by atomic mass is 9.97. The van der Waals surface area contributed by atoms with Crippen LogP contribution in [0, 0.1) is 5.92 Å². The van der Waals surface area contributed by atoms with Crippen molar-refractivity contribution in [3.05, 3.63) is 66.2 Å². The molecule has 0 fully saturated rings. The van der Waals surface area contributed by atoms with E-state index in [1.807, 2.05) is 48.5 Å². The molecular weight excluding hydrogens is 479 g/mol. The molecule has 0 saturated carbocycles. The smallest absolute Gasteiger partial charge is 0.484 e. The van der Waals surface area contributed by atoms with Gasteiger partial charge in [0.25, 0.3) is 5.91 Å². The Labute approximate surface area is 207 Å². The number of nitrogens with one attached hydrogen (secondary N) is 1. The third-order valence-electron chi connectivity index (χ3n) is 4.53. The molecule has 0 aliphatic rings. The summed E-state index contributed by atoms with van der Waals surface area (Å²) in [4.78, 5) is 38.0. The molecule has 0 aliphatic carbocycles. The zero-order valence-corrected chi connectivity index (χ0v) is 20.0. The van der Waals surface area contributed by atoms with E-state index in [0.717, 1.165) is 12.0 Å². The Kier molecular flexibility index (Phi) is 12.7. The molecule has 36 heavy (non-hydrogen) atoms. The first-order valence-corrected chi connectivity index (χ1v) is 11.1. The van der Waals surface area contributed by atoms with Crippen LogP contribution in [0.5, 0.6) is 5.75 Å². The molecule has 2 rings (SSSR count). The predicted octanol–water partition coefficient (Wildman–Crippen LogP) is 3.75. The van der Waals surface area contributed by atoms with Gasteiger partial charge in [-0.15, -0.1) is 0 Å². The standard InChI is InChI=1S/C23H29N3O3.C2HF3O2/c1-17(2)13-14-21(27)20(15-18-9-5-3-6-10-18)25-23(24)26-22(28)16-29-19-11-7-4-8-12-19;3-2(4,5)1(6)7/h3-12,17,20H,13-16H2,1-2H3,(H3,24,25,26,28);(H,6,7)/t20-;/m1./s1. The molecule has 1 amide bonds. The maximum atomic E-state index is 12.7. The van der Waals surface area contributed by atoms with E-state index in [4.69, 9.17) is 20.4 Å². The van der Waals surface area contributed by atoms with E-state index in [-0.39, 0.29) is 18.3 Å². The molecule has 8 nitrogen and oxygen atoms in total. The van der Waals surface area contributed by atoms with Gasteiger partial charge in [0, 0.05) is 12.8 Å². The van der Waals surface area contributed by atoms with E-state index in [1.165, 1.54) is 0 Å². The topological polar surface area (TPSA) is 131 Å². The van der Waals surface area contributed by atoms with Crippen molar-refractivity contribution in [3.8, 4) is 5.75 Å². The van der Waals surface area contributed by atoms with E-state index in [9.17, 15) is 22.8 Å². The SMILES string of the molecule is CC(C)CCC(=O)[C@@H](Cc1ccccc1)N=C(N)NC(=O)COc1ccccc1.O=C(O)C(F)(F)F. The van der Waals surface area contributed by atoms with Gasteiger partial charge >= 0.3 is 12.1 Å². The van der Waals surface area contributed by atoms with Gasteiger partial charge < -0.3 is 15.6 Å². The molecule has 1 atom stereocenters. The second-order valence-corrected chi connectivity index (χ2v) is 8.07. The third kappa shape index (κ3) is 13.1. The lowest BCUT2D eigenvalue weighted by Gasteiger charge is -2.14. The minimum Gasteiger partial charge on any atom is -0.484 e. The number of amides is 1. The highest BCUT2D eigenvalue weighted by Crippen LogP contribution is 2.14. The first kappa shape index (κ1) is 30.1. The Morgan fingerprint density at radius 2 is 1.56 bits per heavy atom. The number of hydrogen-bond acceptors (Lipinski definition) is 5. The number of nitrogens with zero attached hydrogens (tertiary/aromatic N) is 1. The van der Waals surface area contributed by atoms with Crippen LogP contribution in [0.25, 0.3) is 0 Å². The van der Waals surface area contributed by atoms with Crippen LogP contribution in [0.2, 0.25) is 0 Å². The average molecular weight is 510 g/mol. The number of halogens is 3. The molecule has 196 valence electrons. The van der Waals surface area contributed by atoms with Crippen LogP contribution in [0.4, 0.5) is 13.2 Å². The predicted molar refractivity (Wildman–Crippen MR) is 128 cm³/mol. The van der Waals surface area contributed by atoms with E-state index < -0.39 is 24.1 Å². The van der Waals surface area contributed by atoms with Gasteiger partial charge in [0.15, 0.2) is 18.3 Å². The Morgan fingerprint density at radius 1 is 1.03 bits per heavy atom. The minimum atomic E-state index is -5.08. The highest BCUT2D eigenvalue weighted by atomic mass is 19.4. The monoisotopic (exact) mass is 509 g/mol. The molecule has 2 aromatic carbocycles. The molecule has 0 aliphatic heterocycles. The maximum Gasteiger partial charge on any atom is 0.490 e. The summed E-state index contributed by atoms with van der Waals surface area (Å²) < 4.78 is 37.1. The molecule has 11 heteroatoms. The van der Waals surface area contributed by atoms with Crippen LogP contribution in [0.15, 0.2) is 65.7 Å². The fourth-order valence-electron chi connectivity index (χ4n) is 2.71. The number of carboxylic acid groups (broad SMARTS) is 1. The number of aliphatic carboxylic acids is 1. The molecule has 0 spiro atoms. The second-order valence-electron chi connectivity index (χ2n) is 8.07. The van der Waals surface area contributed by atoms with Gasteiger partial charge in [0.1, 0.15) is 11.8 Å². The van der Waals surface area contributed by atoms with Crippen molar-refractivity contribution in [2.24, 2.45) is 16.6 Å². The Morgan fingerprint density at radius 3 is 2.06 bits per heavy atom. The molecule has 0 bridgehead atoms. The summed E-state index contributed by atoms with van der Waals surface area (Å²) in [5.74, 6) is -2.24. The van der Waals surface area contributed by atoms with Crippen molar-refractivity contribution in [2.75, 3.05) is 6.61 Å². The number of benzene rings is 2. The molecule has 0 radical (unpaired) electrons.